The molecule has 6 heterocycles. The van der Waals surface area contributed by atoms with Gasteiger partial charge in [-0.2, -0.15) is 0 Å². The maximum Gasteiger partial charge on any atom is 0.407 e. The molecule has 0 saturated carbocycles. The van der Waals surface area contributed by atoms with E-state index in [0.717, 1.165) is 125 Å². The summed E-state index contributed by atoms with van der Waals surface area (Å²) in [6.45, 7) is 10.1. The summed E-state index contributed by atoms with van der Waals surface area (Å²) in [4.78, 5) is 171. The third kappa shape index (κ3) is 25.0. The van der Waals surface area contributed by atoms with Crippen molar-refractivity contribution in [3.63, 3.8) is 0 Å². The molecule has 10 N–H and O–H groups in total. The summed E-state index contributed by atoms with van der Waals surface area (Å²) >= 11 is 0. The van der Waals surface area contributed by atoms with Gasteiger partial charge < -0.3 is 47.1 Å². The first kappa shape index (κ1) is 91.6. The number of carboxylic acids is 1. The number of rotatable bonds is 38. The number of hydrogen-bond donors (Lipinski definition) is 10. The Hall–Kier alpha value is -12.8. The van der Waals surface area contributed by atoms with Crippen LogP contribution in [-0.2, 0) is 52.8 Å². The van der Waals surface area contributed by atoms with Gasteiger partial charge in [0, 0.05) is 86.2 Å². The molecule has 12 rings (SSSR count). The smallest absolute Gasteiger partial charge is 0.407 e. The zero-order valence-corrected chi connectivity index (χ0v) is 70.7. The second-order valence-corrected chi connectivity index (χ2v) is 32.3. The van der Waals surface area contributed by atoms with Crippen LogP contribution in [0, 0.1) is 5.92 Å². The van der Waals surface area contributed by atoms with Crippen LogP contribution in [0.3, 0.4) is 0 Å². The van der Waals surface area contributed by atoms with E-state index in [1.807, 2.05) is 87.5 Å². The molecular weight excluding hydrogens is 1550 g/mol. The number of carboxylic acid groups (broad SMARTS) is 1. The topological polar surface area (TPSA) is 392 Å². The summed E-state index contributed by atoms with van der Waals surface area (Å²) in [7, 11) is 3.27. The van der Waals surface area contributed by atoms with E-state index in [9.17, 15) is 62.3 Å². The van der Waals surface area contributed by atoms with Gasteiger partial charge in [0.05, 0.1) is 55.8 Å². The van der Waals surface area contributed by atoms with Crippen LogP contribution in [0.2, 0.25) is 0 Å². The molecule has 0 aliphatic carbocycles. The van der Waals surface area contributed by atoms with E-state index in [1.54, 1.807) is 51.6 Å². The number of unbranched alkanes of at least 4 members (excludes halogenated alkanes) is 16. The predicted molar refractivity (Wildman–Crippen MR) is 467 cm³/mol. The Morgan fingerprint density at radius 2 is 0.918 bits per heavy atom. The summed E-state index contributed by atoms with van der Waals surface area (Å²) < 4.78 is 5.25. The molecule has 2 saturated heterocycles. The number of aryl methyl sites for hydroxylation is 2. The van der Waals surface area contributed by atoms with Crippen LogP contribution >= 0.6 is 0 Å². The number of aliphatic carboxylic acids is 1. The summed E-state index contributed by atoms with van der Waals surface area (Å²) in [5, 5.41) is 36.1. The molecule has 4 aliphatic rings. The Labute approximate surface area is 711 Å². The highest BCUT2D eigenvalue weighted by Crippen LogP contribution is 2.37. The number of anilines is 5. The zero-order valence-electron chi connectivity index (χ0n) is 70.7. The molecule has 0 bridgehead atoms. The van der Waals surface area contributed by atoms with Crippen LogP contribution in [0.15, 0.2) is 146 Å². The first-order chi connectivity index (χ1) is 58.7. The number of amides is 12. The Morgan fingerprint density at radius 1 is 0.500 bits per heavy atom. The second kappa shape index (κ2) is 44.5. The van der Waals surface area contributed by atoms with Crippen LogP contribution < -0.4 is 47.9 Å². The summed E-state index contributed by atoms with van der Waals surface area (Å²) in [6, 6.07) is 38.9. The van der Waals surface area contributed by atoms with Crippen molar-refractivity contribution in [1.82, 2.24) is 51.7 Å². The number of imide groups is 4. The van der Waals surface area contributed by atoms with Gasteiger partial charge in [-0.15, -0.1) is 0 Å². The van der Waals surface area contributed by atoms with Crippen molar-refractivity contribution in [3.8, 4) is 0 Å². The van der Waals surface area contributed by atoms with Crippen molar-refractivity contribution in [1.29, 1.82) is 0 Å². The first-order valence-corrected chi connectivity index (χ1v) is 42.6. The second-order valence-electron chi connectivity index (χ2n) is 32.3. The van der Waals surface area contributed by atoms with E-state index < -0.39 is 82.9 Å². The monoisotopic (exact) mass is 1660 g/mol. The maximum atomic E-state index is 13.4. The minimum Gasteiger partial charge on any atom is -0.480 e. The van der Waals surface area contributed by atoms with Crippen molar-refractivity contribution in [3.05, 3.63) is 196 Å². The lowest BCUT2D eigenvalue weighted by Gasteiger charge is -2.27. The Morgan fingerprint density at radius 3 is 1.35 bits per heavy atom. The lowest BCUT2D eigenvalue weighted by Crippen LogP contribution is -2.54. The number of aromatic nitrogens is 2. The molecule has 6 aromatic carbocycles. The van der Waals surface area contributed by atoms with Crippen LogP contribution in [0.1, 0.15) is 255 Å². The Kier molecular flexibility index (Phi) is 33.4. The number of nitrogens with zero attached hydrogens (tertiary/aromatic N) is 4. The fourth-order valence-electron chi connectivity index (χ4n) is 15.4. The molecule has 4 atom stereocenters. The van der Waals surface area contributed by atoms with Crippen molar-refractivity contribution in [2.24, 2.45) is 5.92 Å². The van der Waals surface area contributed by atoms with E-state index in [0.29, 0.717) is 29.8 Å². The van der Waals surface area contributed by atoms with Gasteiger partial charge >= 0.3 is 12.1 Å². The van der Waals surface area contributed by atoms with E-state index in [-0.39, 0.29) is 83.9 Å². The molecule has 28 nitrogen and oxygen atoms in total. The molecule has 4 unspecified atom stereocenters. The highest BCUT2D eigenvalue weighted by molar-refractivity contribution is 6.26. The van der Waals surface area contributed by atoms with Gasteiger partial charge in [0.25, 0.3) is 35.4 Å². The molecule has 28 heteroatoms. The highest BCUT2D eigenvalue weighted by Gasteiger charge is 2.47. The minimum atomic E-state index is -1.11. The lowest BCUT2D eigenvalue weighted by atomic mass is 9.94. The van der Waals surface area contributed by atoms with E-state index in [2.05, 4.69) is 88.2 Å². The summed E-state index contributed by atoms with van der Waals surface area (Å²) in [5.41, 5.74) is 9.58. The van der Waals surface area contributed by atoms with Gasteiger partial charge in [-0.1, -0.05) is 164 Å². The van der Waals surface area contributed by atoms with Gasteiger partial charge in [0.1, 0.15) is 23.7 Å². The highest BCUT2D eigenvalue weighted by atomic mass is 16.6. The van der Waals surface area contributed by atoms with Crippen LogP contribution in [0.4, 0.5) is 33.2 Å². The van der Waals surface area contributed by atoms with E-state index in [1.165, 1.54) is 94.0 Å². The SMILES string of the molecule is CC(Nc1cccc2c1C(=O)N(C1CCC(=O)NC1=O)C2=O)C(=O)O.CNC(=O)c1cnc2ccc(CCCCCCCCCCCNC(=O)C(C)Cc3cccc4c3C(=O)N(C3CCC(=O)NC3=O)C4=O)cc2c1Nc1ccccc1.CNC(=O)c1cnc2ccc(CCCCCCCCCCCNC(=O)OC(C)(C)C)cc2c1Nc1ccccc1. The number of piperidine rings is 2. The fourth-order valence-corrected chi connectivity index (χ4v) is 15.4. The molecule has 2 fully saturated rings. The first-order valence-electron chi connectivity index (χ1n) is 42.6. The molecule has 644 valence electrons. The molecule has 0 spiro atoms. The number of pyridine rings is 2. The van der Waals surface area contributed by atoms with Gasteiger partial charge in [0.2, 0.25) is 29.5 Å². The number of carbonyl (C=O) groups excluding carboxylic acids is 12. The van der Waals surface area contributed by atoms with Gasteiger partial charge in [-0.3, -0.25) is 87.9 Å². The maximum absolute atomic E-state index is 13.4. The molecular formula is C94H113N13O15. The third-order valence-corrected chi connectivity index (χ3v) is 21.9. The zero-order chi connectivity index (χ0) is 87.4. The molecule has 12 amide bonds. The molecule has 0 radical (unpaired) electrons. The number of carbonyl (C=O) groups is 13. The van der Waals surface area contributed by atoms with Crippen molar-refractivity contribution >= 4 is 127 Å². The van der Waals surface area contributed by atoms with Crippen molar-refractivity contribution in [2.75, 3.05) is 43.1 Å². The number of benzene rings is 6. The number of hydrogen-bond acceptors (Lipinski definition) is 19. The minimum absolute atomic E-state index is 0.0327. The van der Waals surface area contributed by atoms with E-state index in [4.69, 9.17) is 9.84 Å². The molecule has 122 heavy (non-hydrogen) atoms. The van der Waals surface area contributed by atoms with Crippen LogP contribution in [-0.4, -0.2) is 153 Å². The Bertz CT molecular complexity index is 5130. The average molecular weight is 1670 g/mol. The Balaban J connectivity index is 0.000000208. The number of alkyl carbamates (subject to hydrolysis) is 1. The van der Waals surface area contributed by atoms with E-state index >= 15 is 0 Å². The molecule has 4 aliphatic heterocycles. The molecule has 2 aromatic heterocycles. The molecule has 8 aromatic rings. The fraction of sp³-hybridized carbons (Fsp3) is 0.415. The van der Waals surface area contributed by atoms with Crippen LogP contribution in [0.25, 0.3) is 21.8 Å². The van der Waals surface area contributed by atoms with Gasteiger partial charge in [-0.05, 0) is 169 Å². The standard InChI is InChI=1S/C45H52N6O6.C33H46N4O3.C16H15N3O6/c1-29(26-31-17-15-20-33-39(31)45(57)51(44(33)56)37-23-24-38(52)50-43(37)55)41(53)47-25-14-9-7-5-3-4-6-8-11-16-30-21-22-36-34(27-30)40(35(28-48-36)42(54)46-2)49-32-18-12-10-13-19-32;1-33(2,3)40-32(39)35-22-16-11-9-7-5-6-8-10-13-17-25-20-21-29-27(23-25)30(28(24-36-29)31(38)34-4)37-26-18-14-12-15-19-26;1-7(16(24)25)17-9-4-2-3-8-12(9)15(23)19(14(8)22)10-5-6-11(20)18-13(10)21/h10,12-13,15,17-22,27-29,37H,3-9,11,14,16,23-26H2,1-2H3,(H,46,54)(H,47,53)(H,48,49)(H,50,52,55);12,14-15,18-21,23-24H,5-11,13,16-17,22H2,1-4H3,(H,34,38)(H,35,39)(H,36,37);2-4,7,10,17H,5-6H2,1H3,(H,24,25)(H,18,20,21). The predicted octanol–water partition coefficient (Wildman–Crippen LogP) is 14.7. The largest absolute Gasteiger partial charge is 0.480 e. The van der Waals surface area contributed by atoms with Crippen molar-refractivity contribution in [2.45, 2.75) is 219 Å². The summed E-state index contributed by atoms with van der Waals surface area (Å²) in [5.74, 6) is -6.62. The van der Waals surface area contributed by atoms with Gasteiger partial charge in [0.15, 0.2) is 0 Å². The number of fused-ring (bicyclic) bond motifs is 4. The average Bonchev–Trinajstić information content (AvgIpc) is 1.59. The number of para-hydroxylation sites is 2. The third-order valence-electron chi connectivity index (χ3n) is 21.9. The normalized spacial score (nSPS) is 15.3. The van der Waals surface area contributed by atoms with Crippen LogP contribution in [0.5, 0.6) is 0 Å². The van der Waals surface area contributed by atoms with Crippen molar-refractivity contribution < 1.29 is 72.2 Å². The quantitative estimate of drug-likeness (QED) is 0.0127. The lowest BCUT2D eigenvalue weighted by molar-refractivity contribution is -0.138. The van der Waals surface area contributed by atoms with Gasteiger partial charge in [-0.25, -0.2) is 4.79 Å². The number of ether oxygens (including phenoxy) is 1. The summed E-state index contributed by atoms with van der Waals surface area (Å²) in [6.07, 6.45) is 26.2. The number of nitrogens with one attached hydrogen (secondary N) is 9.